The van der Waals surface area contributed by atoms with E-state index in [2.05, 4.69) is 9.97 Å². The minimum atomic E-state index is -0.921. The predicted octanol–water partition coefficient (Wildman–Crippen LogP) is 2.39. The molecule has 0 bridgehead atoms. The van der Waals surface area contributed by atoms with Crippen molar-refractivity contribution in [2.24, 2.45) is 0 Å². The maximum absolute atomic E-state index is 10.7. The van der Waals surface area contributed by atoms with Crippen LogP contribution in [0.5, 0.6) is 0 Å². The number of benzene rings is 1. The van der Waals surface area contributed by atoms with Crippen molar-refractivity contribution >= 4 is 5.97 Å². The molecule has 0 saturated carbocycles. The Morgan fingerprint density at radius 2 is 2.00 bits per heavy atom. The molecule has 0 saturated heterocycles. The van der Waals surface area contributed by atoms with Crippen LogP contribution >= 0.6 is 0 Å². The van der Waals surface area contributed by atoms with Gasteiger partial charge in [0.25, 0.3) is 0 Å². The first-order valence-corrected chi connectivity index (χ1v) is 5.68. The van der Waals surface area contributed by atoms with Crippen LogP contribution < -0.4 is 0 Å². The second-order valence-corrected chi connectivity index (χ2v) is 4.25. The summed E-state index contributed by atoms with van der Waals surface area (Å²) in [6, 6.07) is 9.81. The minimum Gasteiger partial charge on any atom is -0.481 e. The monoisotopic (exact) mass is 242 g/mol. The van der Waals surface area contributed by atoms with Crippen LogP contribution in [0, 0.1) is 13.8 Å². The number of rotatable bonds is 3. The normalized spacial score (nSPS) is 10.3. The van der Waals surface area contributed by atoms with Crippen molar-refractivity contribution in [2.45, 2.75) is 20.3 Å². The Morgan fingerprint density at radius 1 is 1.22 bits per heavy atom. The maximum Gasteiger partial charge on any atom is 0.311 e. The highest BCUT2D eigenvalue weighted by Crippen LogP contribution is 2.19. The smallest absolute Gasteiger partial charge is 0.311 e. The third-order valence-electron chi connectivity index (χ3n) is 2.52. The molecule has 2 aromatic rings. The number of carboxylic acid groups (broad SMARTS) is 1. The van der Waals surface area contributed by atoms with E-state index in [0.29, 0.717) is 5.82 Å². The Hall–Kier alpha value is -2.23. The molecule has 1 aromatic carbocycles. The van der Waals surface area contributed by atoms with Crippen molar-refractivity contribution in [3.8, 4) is 11.3 Å². The summed E-state index contributed by atoms with van der Waals surface area (Å²) in [5, 5.41) is 8.78. The van der Waals surface area contributed by atoms with Gasteiger partial charge in [-0.25, -0.2) is 9.97 Å². The molecule has 0 spiro atoms. The Morgan fingerprint density at radius 3 is 2.67 bits per heavy atom. The number of nitrogens with zero attached hydrogens (tertiary/aromatic N) is 2. The summed E-state index contributed by atoms with van der Waals surface area (Å²) in [7, 11) is 0. The van der Waals surface area contributed by atoms with Crippen LogP contribution in [-0.2, 0) is 11.2 Å². The largest absolute Gasteiger partial charge is 0.481 e. The molecular formula is C14H14N2O2. The zero-order valence-electron chi connectivity index (χ0n) is 10.3. The first kappa shape index (κ1) is 12.2. The molecule has 0 atom stereocenters. The fraction of sp³-hybridized carbons (Fsp3) is 0.214. The van der Waals surface area contributed by atoms with E-state index in [1.807, 2.05) is 44.2 Å². The average Bonchev–Trinajstić information content (AvgIpc) is 2.27. The zero-order chi connectivity index (χ0) is 13.1. The van der Waals surface area contributed by atoms with Gasteiger partial charge < -0.3 is 5.11 Å². The molecule has 2 rings (SSSR count). The third kappa shape index (κ3) is 2.91. The van der Waals surface area contributed by atoms with Crippen molar-refractivity contribution < 1.29 is 9.90 Å². The molecule has 0 unspecified atom stereocenters. The highest BCUT2D eigenvalue weighted by atomic mass is 16.4. The van der Waals surface area contributed by atoms with Gasteiger partial charge in [0, 0.05) is 11.3 Å². The van der Waals surface area contributed by atoms with Crippen molar-refractivity contribution in [2.75, 3.05) is 0 Å². The second kappa shape index (κ2) is 4.96. The van der Waals surface area contributed by atoms with Gasteiger partial charge in [-0.05, 0) is 26.0 Å². The van der Waals surface area contributed by atoms with Gasteiger partial charge >= 0.3 is 5.97 Å². The van der Waals surface area contributed by atoms with Gasteiger partial charge in [0.15, 0.2) is 0 Å². The number of aromatic nitrogens is 2. The lowest BCUT2D eigenvalue weighted by Gasteiger charge is -2.05. The molecular weight excluding hydrogens is 228 g/mol. The van der Waals surface area contributed by atoms with Crippen molar-refractivity contribution in [3.63, 3.8) is 0 Å². The number of hydrogen-bond acceptors (Lipinski definition) is 3. The minimum absolute atomic E-state index is 0.152. The Kier molecular flexibility index (Phi) is 3.37. The van der Waals surface area contributed by atoms with Gasteiger partial charge in [-0.3, -0.25) is 4.79 Å². The Labute approximate surface area is 105 Å². The number of carbonyl (C=O) groups is 1. The summed E-state index contributed by atoms with van der Waals surface area (Å²) < 4.78 is 0. The van der Waals surface area contributed by atoms with Crippen molar-refractivity contribution in [3.05, 3.63) is 47.4 Å². The molecule has 4 nitrogen and oxygen atoms in total. The number of aryl methyl sites for hydroxylation is 2. The van der Waals surface area contributed by atoms with Gasteiger partial charge in [0.2, 0.25) is 0 Å². The lowest BCUT2D eigenvalue weighted by atomic mass is 10.1. The summed E-state index contributed by atoms with van der Waals surface area (Å²) in [6.07, 6.45) is -0.152. The summed E-state index contributed by atoms with van der Waals surface area (Å²) >= 11 is 0. The molecule has 0 aliphatic heterocycles. The summed E-state index contributed by atoms with van der Waals surface area (Å²) in [4.78, 5) is 19.1. The highest BCUT2D eigenvalue weighted by Gasteiger charge is 2.08. The fourth-order valence-electron chi connectivity index (χ4n) is 1.80. The summed E-state index contributed by atoms with van der Waals surface area (Å²) in [5.74, 6) is -0.574. The first-order chi connectivity index (χ1) is 8.54. The van der Waals surface area contributed by atoms with E-state index in [1.165, 1.54) is 0 Å². The van der Waals surface area contributed by atoms with Crippen molar-refractivity contribution in [1.82, 2.24) is 9.97 Å². The SMILES string of the molecule is Cc1cccc(-c2cc(C)nc(CC(=O)O)n2)c1. The Bertz CT molecular complexity index is 594. The lowest BCUT2D eigenvalue weighted by molar-refractivity contribution is -0.136. The predicted molar refractivity (Wildman–Crippen MR) is 68.3 cm³/mol. The maximum atomic E-state index is 10.7. The van der Waals surface area contributed by atoms with E-state index >= 15 is 0 Å². The number of hydrogen-bond donors (Lipinski definition) is 1. The van der Waals surface area contributed by atoms with Gasteiger partial charge in [-0.15, -0.1) is 0 Å². The van der Waals surface area contributed by atoms with Gasteiger partial charge in [-0.2, -0.15) is 0 Å². The van der Waals surface area contributed by atoms with E-state index < -0.39 is 5.97 Å². The van der Waals surface area contributed by atoms with Crippen LogP contribution in [-0.4, -0.2) is 21.0 Å². The van der Waals surface area contributed by atoms with Crippen molar-refractivity contribution in [1.29, 1.82) is 0 Å². The lowest BCUT2D eigenvalue weighted by Crippen LogP contribution is -2.06. The molecule has 18 heavy (non-hydrogen) atoms. The van der Waals surface area contributed by atoms with Crippen LogP contribution in [0.4, 0.5) is 0 Å². The number of carboxylic acids is 1. The van der Waals surface area contributed by atoms with E-state index in [0.717, 1.165) is 22.5 Å². The molecule has 0 aliphatic carbocycles. The fourth-order valence-corrected chi connectivity index (χ4v) is 1.80. The highest BCUT2D eigenvalue weighted by molar-refractivity contribution is 5.69. The van der Waals surface area contributed by atoms with Crippen LogP contribution in [0.1, 0.15) is 17.1 Å². The van der Waals surface area contributed by atoms with E-state index in [9.17, 15) is 4.79 Å². The van der Waals surface area contributed by atoms with E-state index in [1.54, 1.807) is 0 Å². The molecule has 1 aromatic heterocycles. The molecule has 0 amide bonds. The molecule has 0 fully saturated rings. The summed E-state index contributed by atoms with van der Waals surface area (Å²) in [5.41, 5.74) is 3.66. The molecule has 92 valence electrons. The quantitative estimate of drug-likeness (QED) is 0.897. The topological polar surface area (TPSA) is 63.1 Å². The molecule has 1 N–H and O–H groups in total. The molecule has 1 heterocycles. The third-order valence-corrected chi connectivity index (χ3v) is 2.52. The van der Waals surface area contributed by atoms with Crippen LogP contribution in [0.3, 0.4) is 0 Å². The standard InChI is InChI=1S/C14H14N2O2/c1-9-4-3-5-11(6-9)12-7-10(2)15-13(16-12)8-14(17)18/h3-7H,8H2,1-2H3,(H,17,18). The van der Waals surface area contributed by atoms with E-state index in [-0.39, 0.29) is 6.42 Å². The van der Waals surface area contributed by atoms with Crippen LogP contribution in [0.25, 0.3) is 11.3 Å². The summed E-state index contributed by atoms with van der Waals surface area (Å²) in [6.45, 7) is 3.85. The molecule has 0 aliphatic rings. The van der Waals surface area contributed by atoms with Gasteiger partial charge in [0.05, 0.1) is 5.69 Å². The van der Waals surface area contributed by atoms with E-state index in [4.69, 9.17) is 5.11 Å². The second-order valence-electron chi connectivity index (χ2n) is 4.25. The Balaban J connectivity index is 2.44. The van der Waals surface area contributed by atoms with Crippen LogP contribution in [0.15, 0.2) is 30.3 Å². The average molecular weight is 242 g/mol. The molecule has 0 radical (unpaired) electrons. The first-order valence-electron chi connectivity index (χ1n) is 5.68. The molecule has 4 heteroatoms. The number of aliphatic carboxylic acids is 1. The van der Waals surface area contributed by atoms with Gasteiger partial charge in [0.1, 0.15) is 12.2 Å². The van der Waals surface area contributed by atoms with Gasteiger partial charge in [-0.1, -0.05) is 23.8 Å². The zero-order valence-corrected chi connectivity index (χ0v) is 10.3. The van der Waals surface area contributed by atoms with Crippen LogP contribution in [0.2, 0.25) is 0 Å².